The Bertz CT molecular complexity index is 1580. The first kappa shape index (κ1) is 29.3. The molecule has 11 heteroatoms. The molecule has 3 heterocycles. The van der Waals surface area contributed by atoms with Gasteiger partial charge in [0.1, 0.15) is 11.5 Å². The van der Waals surface area contributed by atoms with Crippen LogP contribution < -0.4 is 25.4 Å². The highest BCUT2D eigenvalue weighted by Gasteiger charge is 2.25. The van der Waals surface area contributed by atoms with Crippen LogP contribution in [-0.2, 0) is 16.0 Å². The second kappa shape index (κ2) is 12.7. The fraction of sp³-hybridized carbons (Fsp3) is 0.355. The van der Waals surface area contributed by atoms with E-state index in [1.54, 1.807) is 18.2 Å². The van der Waals surface area contributed by atoms with Crippen molar-refractivity contribution >= 4 is 51.2 Å². The Labute approximate surface area is 249 Å². The topological polar surface area (TPSA) is 123 Å². The van der Waals surface area contributed by atoms with Gasteiger partial charge in [0, 0.05) is 33.8 Å². The van der Waals surface area contributed by atoms with Crippen molar-refractivity contribution < 1.29 is 19.1 Å². The van der Waals surface area contributed by atoms with Crippen LogP contribution >= 0.6 is 11.3 Å². The fourth-order valence-corrected chi connectivity index (χ4v) is 6.43. The van der Waals surface area contributed by atoms with Gasteiger partial charge >= 0.3 is 0 Å². The number of carbonyl (C=O) groups is 2. The van der Waals surface area contributed by atoms with E-state index < -0.39 is 5.91 Å². The molecule has 1 saturated heterocycles. The van der Waals surface area contributed by atoms with Gasteiger partial charge in [0.2, 0.25) is 18.3 Å². The Kier molecular flexibility index (Phi) is 8.89. The van der Waals surface area contributed by atoms with Crippen molar-refractivity contribution in [2.45, 2.75) is 45.3 Å². The Balaban J connectivity index is 1.53. The zero-order valence-corrected chi connectivity index (χ0v) is 25.1. The predicted octanol–water partition coefficient (Wildman–Crippen LogP) is 4.98. The molecule has 1 aliphatic heterocycles. The molecule has 4 aromatic rings. The number of amides is 2. The van der Waals surface area contributed by atoms with E-state index >= 15 is 0 Å². The van der Waals surface area contributed by atoms with Crippen LogP contribution in [0, 0.1) is 0 Å². The summed E-state index contributed by atoms with van der Waals surface area (Å²) in [4.78, 5) is 38.4. The van der Waals surface area contributed by atoms with Crippen molar-refractivity contribution in [1.29, 1.82) is 0 Å². The molecule has 10 nitrogen and oxygen atoms in total. The second-order valence-electron chi connectivity index (χ2n) is 10.7. The van der Waals surface area contributed by atoms with Gasteiger partial charge in [-0.05, 0) is 65.0 Å². The minimum atomic E-state index is -0.427. The third kappa shape index (κ3) is 6.32. The molecule has 42 heavy (non-hydrogen) atoms. The number of primary amides is 1. The van der Waals surface area contributed by atoms with E-state index in [9.17, 15) is 9.59 Å². The van der Waals surface area contributed by atoms with E-state index in [1.807, 2.05) is 56.3 Å². The summed E-state index contributed by atoms with van der Waals surface area (Å²) < 4.78 is 12.6. The number of nitrogens with one attached hydrogen (secondary N) is 1. The summed E-state index contributed by atoms with van der Waals surface area (Å²) >= 11 is 1.44. The maximum absolute atomic E-state index is 12.2. The molecule has 220 valence electrons. The van der Waals surface area contributed by atoms with E-state index in [1.165, 1.54) is 11.3 Å². The molecule has 0 spiro atoms. The monoisotopic (exact) mass is 588 g/mol. The molecule has 2 aromatic carbocycles. The summed E-state index contributed by atoms with van der Waals surface area (Å²) in [6, 6.07) is 13.5. The number of para-hydroxylation sites is 1. The highest BCUT2D eigenvalue weighted by molar-refractivity contribution is 7.19. The first-order valence-electron chi connectivity index (χ1n) is 14.0. The van der Waals surface area contributed by atoms with Crippen molar-refractivity contribution in [3.63, 3.8) is 0 Å². The summed E-state index contributed by atoms with van der Waals surface area (Å²) in [5, 5.41) is 3.32. The number of rotatable bonds is 11. The normalized spacial score (nSPS) is 14.2. The van der Waals surface area contributed by atoms with E-state index in [4.69, 9.17) is 20.2 Å². The van der Waals surface area contributed by atoms with Crippen LogP contribution in [0.1, 0.15) is 31.6 Å². The van der Waals surface area contributed by atoms with Gasteiger partial charge in [0.15, 0.2) is 0 Å². The standard InChI is InChI=1S/C31H36N6O4S/c1-19(2)41-25-15-21(37(18-38)20-11-13-36(3)14-12-20)9-10-23(25)34-31-33-17-27-30(35-31)29(26(42-27)16-28(32)39)22-7-5-6-8-24(22)40-4/h5-10,15,17-20H,11-14,16H2,1-4H3,(H2,32,39)(H,33,34,35). The van der Waals surface area contributed by atoms with Crippen molar-refractivity contribution in [1.82, 2.24) is 14.9 Å². The average molecular weight is 589 g/mol. The van der Waals surface area contributed by atoms with Crippen molar-refractivity contribution in [2.75, 3.05) is 37.5 Å². The predicted molar refractivity (Wildman–Crippen MR) is 167 cm³/mol. The van der Waals surface area contributed by atoms with Crippen LogP contribution in [0.15, 0.2) is 48.7 Å². The molecule has 5 rings (SSSR count). The third-order valence-electron chi connectivity index (χ3n) is 7.28. The van der Waals surface area contributed by atoms with Gasteiger partial charge in [0.25, 0.3) is 0 Å². The Morgan fingerprint density at radius 3 is 2.67 bits per heavy atom. The Hall–Kier alpha value is -4.22. The second-order valence-corrected chi connectivity index (χ2v) is 11.8. The number of benzene rings is 2. The molecule has 3 N–H and O–H groups in total. The molecule has 0 aliphatic carbocycles. The quantitative estimate of drug-likeness (QED) is 0.235. The van der Waals surface area contributed by atoms with Gasteiger partial charge in [-0.3, -0.25) is 9.59 Å². The van der Waals surface area contributed by atoms with Gasteiger partial charge < -0.3 is 30.3 Å². The highest BCUT2D eigenvalue weighted by atomic mass is 32.1. The lowest BCUT2D eigenvalue weighted by Crippen LogP contribution is -2.43. The lowest BCUT2D eigenvalue weighted by atomic mass is 10.0. The molecule has 1 fully saturated rings. The number of ether oxygens (including phenoxy) is 2. The number of methoxy groups -OCH3 is 1. The lowest BCUT2D eigenvalue weighted by molar-refractivity contribution is -0.117. The molecule has 0 saturated carbocycles. The van der Waals surface area contributed by atoms with Crippen LogP contribution in [0.2, 0.25) is 0 Å². The van der Waals surface area contributed by atoms with Crippen LogP contribution in [-0.4, -0.2) is 66.6 Å². The lowest BCUT2D eigenvalue weighted by Gasteiger charge is -2.35. The molecular weight excluding hydrogens is 552 g/mol. The molecule has 2 amide bonds. The van der Waals surface area contributed by atoms with Crippen molar-refractivity contribution in [3.05, 3.63) is 53.5 Å². The molecule has 0 atom stereocenters. The number of nitrogens with two attached hydrogens (primary N) is 1. The number of fused-ring (bicyclic) bond motifs is 1. The van der Waals surface area contributed by atoms with Crippen molar-refractivity contribution in [2.24, 2.45) is 5.73 Å². The SMILES string of the molecule is COc1ccccc1-c1c(CC(N)=O)sc2cnc(Nc3ccc(N(C=O)C4CCN(C)CC4)cc3OC(C)C)nc12. The Morgan fingerprint density at radius 1 is 1.21 bits per heavy atom. The number of anilines is 3. The van der Waals surface area contributed by atoms with Crippen LogP contribution in [0.25, 0.3) is 21.3 Å². The summed E-state index contributed by atoms with van der Waals surface area (Å²) in [7, 11) is 3.71. The van der Waals surface area contributed by atoms with E-state index in [2.05, 4.69) is 22.2 Å². The first-order chi connectivity index (χ1) is 20.3. The van der Waals surface area contributed by atoms with Gasteiger partial charge in [0.05, 0.1) is 41.7 Å². The van der Waals surface area contributed by atoms with Gasteiger partial charge in [-0.2, -0.15) is 0 Å². The zero-order valence-electron chi connectivity index (χ0n) is 24.3. The summed E-state index contributed by atoms with van der Waals surface area (Å²) in [5.41, 5.74) is 9.36. The number of thiophene rings is 1. The number of hydrogen-bond acceptors (Lipinski definition) is 9. The number of piperidine rings is 1. The van der Waals surface area contributed by atoms with E-state index in [-0.39, 0.29) is 18.6 Å². The third-order valence-corrected chi connectivity index (χ3v) is 8.40. The van der Waals surface area contributed by atoms with Crippen LogP contribution in [0.3, 0.4) is 0 Å². The highest BCUT2D eigenvalue weighted by Crippen LogP contribution is 2.42. The smallest absolute Gasteiger partial charge is 0.227 e. The number of hydrogen-bond donors (Lipinski definition) is 2. The fourth-order valence-electron chi connectivity index (χ4n) is 5.29. The maximum Gasteiger partial charge on any atom is 0.227 e. The summed E-state index contributed by atoms with van der Waals surface area (Å²) in [6.45, 7) is 5.81. The number of nitrogens with zero attached hydrogens (tertiary/aromatic N) is 4. The average Bonchev–Trinajstić information content (AvgIpc) is 3.31. The van der Waals surface area contributed by atoms with E-state index in [0.717, 1.165) is 58.7 Å². The summed E-state index contributed by atoms with van der Waals surface area (Å²) in [5.74, 6) is 1.20. The molecule has 0 unspecified atom stereocenters. The first-order valence-corrected chi connectivity index (χ1v) is 14.8. The summed E-state index contributed by atoms with van der Waals surface area (Å²) in [6.07, 6.45) is 4.46. The molecule has 2 aromatic heterocycles. The van der Waals surface area contributed by atoms with Gasteiger partial charge in [-0.15, -0.1) is 11.3 Å². The number of aromatic nitrogens is 2. The molecule has 0 bridgehead atoms. The van der Waals surface area contributed by atoms with Crippen LogP contribution in [0.4, 0.5) is 17.3 Å². The van der Waals surface area contributed by atoms with Gasteiger partial charge in [-0.25, -0.2) is 9.97 Å². The molecule has 1 aliphatic rings. The zero-order chi connectivity index (χ0) is 29.8. The minimum absolute atomic E-state index is 0.0789. The molecular formula is C31H36N6O4S. The number of likely N-dealkylation sites (tertiary alicyclic amines) is 1. The Morgan fingerprint density at radius 2 is 1.98 bits per heavy atom. The number of carbonyl (C=O) groups excluding carboxylic acids is 2. The van der Waals surface area contributed by atoms with Gasteiger partial charge in [-0.1, -0.05) is 18.2 Å². The molecule has 0 radical (unpaired) electrons. The van der Waals surface area contributed by atoms with Crippen LogP contribution in [0.5, 0.6) is 11.5 Å². The van der Waals surface area contributed by atoms with Crippen molar-refractivity contribution in [3.8, 4) is 22.6 Å². The largest absolute Gasteiger partial charge is 0.496 e. The van der Waals surface area contributed by atoms with E-state index in [0.29, 0.717) is 28.7 Å². The maximum atomic E-state index is 12.2. The minimum Gasteiger partial charge on any atom is -0.496 e.